The van der Waals surface area contributed by atoms with Crippen LogP contribution in [0, 0.1) is 13.8 Å². The number of carbonyl (C=O) groups excluding carboxylic acids is 1. The van der Waals surface area contributed by atoms with Crippen LogP contribution in [0.15, 0.2) is 36.4 Å². The van der Waals surface area contributed by atoms with Crippen LogP contribution in [0.3, 0.4) is 0 Å². The number of benzene rings is 2. The maximum Gasteiger partial charge on any atom is 0.416 e. The summed E-state index contributed by atoms with van der Waals surface area (Å²) in [5.41, 5.74) is 3.33. The number of hydrogen-bond acceptors (Lipinski definition) is 4. The van der Waals surface area contributed by atoms with Gasteiger partial charge in [0.15, 0.2) is 0 Å². The van der Waals surface area contributed by atoms with Crippen LogP contribution in [0.1, 0.15) is 64.3 Å². The minimum absolute atomic E-state index is 0.197. The summed E-state index contributed by atoms with van der Waals surface area (Å²) < 4.78 is 44.7. The molecule has 2 aliphatic rings. The average Bonchev–Trinajstić information content (AvgIpc) is 2.87. The summed E-state index contributed by atoms with van der Waals surface area (Å²) in [6.45, 7) is 7.81. The third-order valence-corrected chi connectivity index (χ3v) is 7.66. The van der Waals surface area contributed by atoms with Gasteiger partial charge in [0.1, 0.15) is 5.75 Å². The van der Waals surface area contributed by atoms with Gasteiger partial charge < -0.3 is 15.0 Å². The molecule has 2 fully saturated rings. The van der Waals surface area contributed by atoms with Crippen molar-refractivity contribution in [3.8, 4) is 5.75 Å². The van der Waals surface area contributed by atoms with Crippen molar-refractivity contribution in [2.45, 2.75) is 57.8 Å². The maximum atomic E-state index is 13.1. The molecule has 0 spiro atoms. The second-order valence-electron chi connectivity index (χ2n) is 9.87. The van der Waals surface area contributed by atoms with Crippen LogP contribution >= 0.6 is 0 Å². The number of piperidine rings is 1. The standard InChI is InChI=1S/C28H36F3N3O2/c1-19-20(2)26(36-17-5-14-32-3)13-12-24(19)25-7-4-6-23-18-33(15-16-34(23)25)27(35)21-8-10-22(11-9-21)28(29,30)31/h8-13,23,25,32H,4-7,14-18H2,1-3H3/t23-,25?/m0/s1. The van der Waals surface area contributed by atoms with Crippen LogP contribution in [0.4, 0.5) is 13.2 Å². The molecule has 8 heteroatoms. The molecular formula is C28H36F3N3O2. The van der Waals surface area contributed by atoms with Crippen LogP contribution in [0.2, 0.25) is 0 Å². The van der Waals surface area contributed by atoms with E-state index in [1.807, 2.05) is 7.05 Å². The molecule has 0 aliphatic carbocycles. The maximum absolute atomic E-state index is 13.1. The van der Waals surface area contributed by atoms with Crippen molar-refractivity contribution in [1.82, 2.24) is 15.1 Å². The van der Waals surface area contributed by atoms with Crippen molar-refractivity contribution in [3.05, 3.63) is 64.2 Å². The predicted molar refractivity (Wildman–Crippen MR) is 134 cm³/mol. The highest BCUT2D eigenvalue weighted by molar-refractivity contribution is 5.94. The fourth-order valence-electron chi connectivity index (χ4n) is 5.52. The molecule has 2 heterocycles. The Morgan fingerprint density at radius 2 is 1.81 bits per heavy atom. The zero-order valence-corrected chi connectivity index (χ0v) is 21.3. The van der Waals surface area contributed by atoms with Gasteiger partial charge in [0.2, 0.25) is 0 Å². The number of piperazine rings is 1. The number of amides is 1. The number of nitrogens with zero attached hydrogens (tertiary/aromatic N) is 2. The van der Waals surface area contributed by atoms with E-state index in [1.54, 1.807) is 4.90 Å². The summed E-state index contributed by atoms with van der Waals surface area (Å²) in [6.07, 6.45) is -0.285. The molecule has 2 aromatic rings. The van der Waals surface area contributed by atoms with Gasteiger partial charge in [-0.15, -0.1) is 0 Å². The molecule has 1 N–H and O–H groups in total. The second-order valence-corrected chi connectivity index (χ2v) is 9.87. The number of nitrogens with one attached hydrogen (secondary N) is 1. The number of alkyl halides is 3. The third kappa shape index (κ3) is 5.70. The van der Waals surface area contributed by atoms with Crippen LogP contribution in [-0.4, -0.2) is 61.6 Å². The number of halogens is 3. The molecule has 0 aromatic heterocycles. The summed E-state index contributed by atoms with van der Waals surface area (Å²) in [7, 11) is 1.94. The van der Waals surface area contributed by atoms with Crippen LogP contribution in [-0.2, 0) is 6.18 Å². The summed E-state index contributed by atoms with van der Waals surface area (Å²) >= 11 is 0. The zero-order valence-electron chi connectivity index (χ0n) is 21.3. The van der Waals surface area contributed by atoms with Gasteiger partial charge in [-0.1, -0.05) is 6.07 Å². The van der Waals surface area contributed by atoms with Crippen molar-refractivity contribution < 1.29 is 22.7 Å². The molecule has 0 radical (unpaired) electrons. The molecule has 196 valence electrons. The summed E-state index contributed by atoms with van der Waals surface area (Å²) in [6, 6.07) is 9.37. The molecule has 5 nitrogen and oxygen atoms in total. The molecule has 36 heavy (non-hydrogen) atoms. The summed E-state index contributed by atoms with van der Waals surface area (Å²) in [5, 5.41) is 3.13. The fourth-order valence-corrected chi connectivity index (χ4v) is 5.52. The first kappa shape index (κ1) is 26.5. The predicted octanol–water partition coefficient (Wildman–Crippen LogP) is 5.36. The minimum Gasteiger partial charge on any atom is -0.493 e. The first-order valence-corrected chi connectivity index (χ1v) is 12.8. The summed E-state index contributed by atoms with van der Waals surface area (Å²) in [5.74, 6) is 0.740. The first-order chi connectivity index (χ1) is 17.2. The number of hydrogen-bond donors (Lipinski definition) is 1. The van der Waals surface area contributed by atoms with Gasteiger partial charge in [0.05, 0.1) is 12.2 Å². The van der Waals surface area contributed by atoms with Crippen molar-refractivity contribution >= 4 is 5.91 Å². The van der Waals surface area contributed by atoms with Gasteiger partial charge in [-0.25, -0.2) is 0 Å². The van der Waals surface area contributed by atoms with Crippen molar-refractivity contribution in [2.24, 2.45) is 0 Å². The van der Waals surface area contributed by atoms with Crippen molar-refractivity contribution in [2.75, 3.05) is 39.8 Å². The monoisotopic (exact) mass is 503 g/mol. The van der Waals surface area contributed by atoms with E-state index >= 15 is 0 Å². The van der Waals surface area contributed by atoms with E-state index in [-0.39, 0.29) is 11.9 Å². The highest BCUT2D eigenvalue weighted by atomic mass is 19.4. The van der Waals surface area contributed by atoms with Gasteiger partial charge in [0.25, 0.3) is 5.91 Å². The SMILES string of the molecule is CNCCCOc1ccc(C2CCC[C@H]3CN(C(=O)c4ccc(C(F)(F)F)cc4)CCN23)c(C)c1C. The smallest absolute Gasteiger partial charge is 0.416 e. The van der Waals surface area contributed by atoms with E-state index in [4.69, 9.17) is 4.74 Å². The molecule has 0 saturated carbocycles. The van der Waals surface area contributed by atoms with Gasteiger partial charge in [-0.05, 0) is 100 Å². The Bertz CT molecular complexity index is 1060. The molecule has 2 aliphatic heterocycles. The molecule has 1 amide bonds. The lowest BCUT2D eigenvalue weighted by Crippen LogP contribution is -2.57. The Labute approximate surface area is 211 Å². The topological polar surface area (TPSA) is 44.8 Å². The molecule has 0 bridgehead atoms. The lowest BCUT2D eigenvalue weighted by atomic mass is 9.86. The van der Waals surface area contributed by atoms with Gasteiger partial charge in [-0.3, -0.25) is 9.69 Å². The van der Waals surface area contributed by atoms with E-state index in [0.29, 0.717) is 31.3 Å². The van der Waals surface area contributed by atoms with E-state index in [2.05, 4.69) is 36.2 Å². The van der Waals surface area contributed by atoms with E-state index in [0.717, 1.165) is 56.7 Å². The Hall–Kier alpha value is -2.58. The van der Waals surface area contributed by atoms with E-state index in [9.17, 15) is 18.0 Å². The van der Waals surface area contributed by atoms with Gasteiger partial charge in [0, 0.05) is 37.3 Å². The number of fused-ring (bicyclic) bond motifs is 1. The van der Waals surface area contributed by atoms with Crippen molar-refractivity contribution in [1.29, 1.82) is 0 Å². The van der Waals surface area contributed by atoms with Gasteiger partial charge in [-0.2, -0.15) is 13.2 Å². The van der Waals surface area contributed by atoms with Crippen LogP contribution in [0.5, 0.6) is 5.75 Å². The van der Waals surface area contributed by atoms with Crippen LogP contribution < -0.4 is 10.1 Å². The quantitative estimate of drug-likeness (QED) is 0.517. The lowest BCUT2D eigenvalue weighted by molar-refractivity contribution is -0.137. The van der Waals surface area contributed by atoms with Crippen molar-refractivity contribution in [3.63, 3.8) is 0 Å². The molecular weight excluding hydrogens is 467 g/mol. The molecule has 1 unspecified atom stereocenters. The molecule has 4 rings (SSSR count). The van der Waals surface area contributed by atoms with E-state index in [1.165, 1.54) is 28.8 Å². The third-order valence-electron chi connectivity index (χ3n) is 7.66. The normalized spacial score (nSPS) is 20.8. The first-order valence-electron chi connectivity index (χ1n) is 12.8. The second kappa shape index (κ2) is 11.2. The average molecular weight is 504 g/mol. The highest BCUT2D eigenvalue weighted by Crippen LogP contribution is 2.39. The lowest BCUT2D eigenvalue weighted by Gasteiger charge is -2.49. The number of carbonyl (C=O) groups is 1. The molecule has 2 saturated heterocycles. The van der Waals surface area contributed by atoms with Gasteiger partial charge >= 0.3 is 6.18 Å². The zero-order chi connectivity index (χ0) is 25.9. The Balaban J connectivity index is 1.44. The largest absolute Gasteiger partial charge is 0.493 e. The number of rotatable bonds is 7. The Kier molecular flexibility index (Phi) is 8.25. The Morgan fingerprint density at radius 3 is 2.50 bits per heavy atom. The van der Waals surface area contributed by atoms with Crippen LogP contribution in [0.25, 0.3) is 0 Å². The number of ether oxygens (including phenoxy) is 1. The Morgan fingerprint density at radius 1 is 1.06 bits per heavy atom. The van der Waals surface area contributed by atoms with E-state index < -0.39 is 11.7 Å². The highest BCUT2D eigenvalue weighted by Gasteiger charge is 2.38. The fraction of sp³-hybridized carbons (Fsp3) is 0.536. The minimum atomic E-state index is -4.41. The summed E-state index contributed by atoms with van der Waals surface area (Å²) in [4.78, 5) is 17.4. The molecule has 2 atom stereocenters. The molecule has 2 aromatic carbocycles.